The van der Waals surface area contributed by atoms with Crippen molar-refractivity contribution in [2.45, 2.75) is 26.4 Å². The molecule has 4 nitrogen and oxygen atoms in total. The van der Waals surface area contributed by atoms with Gasteiger partial charge in [0.1, 0.15) is 5.82 Å². The standard InChI is InChI=1S/C16H18N4/c1-11(18-10-14-5-3-4-8-17-14)13-6-7-15-16(9-13)20-12(2)19-15/h3-9,11,18H,10H2,1-2H3,(H,19,20). The Balaban J connectivity index is 1.73. The summed E-state index contributed by atoms with van der Waals surface area (Å²) in [4.78, 5) is 12.0. The largest absolute Gasteiger partial charge is 0.342 e. The van der Waals surface area contributed by atoms with E-state index in [0.29, 0.717) is 0 Å². The monoisotopic (exact) mass is 266 g/mol. The lowest BCUT2D eigenvalue weighted by molar-refractivity contribution is 0.568. The van der Waals surface area contributed by atoms with Crippen molar-refractivity contribution in [1.82, 2.24) is 20.3 Å². The molecule has 2 heterocycles. The van der Waals surface area contributed by atoms with Crippen molar-refractivity contribution in [2.24, 2.45) is 0 Å². The molecule has 0 saturated carbocycles. The maximum Gasteiger partial charge on any atom is 0.104 e. The van der Waals surface area contributed by atoms with E-state index in [-0.39, 0.29) is 6.04 Å². The van der Waals surface area contributed by atoms with Gasteiger partial charge in [0.25, 0.3) is 0 Å². The molecule has 2 N–H and O–H groups in total. The Kier molecular flexibility index (Phi) is 3.48. The highest BCUT2D eigenvalue weighted by Crippen LogP contribution is 2.19. The molecule has 1 aromatic carbocycles. The number of aromatic amines is 1. The van der Waals surface area contributed by atoms with Crippen molar-refractivity contribution in [1.29, 1.82) is 0 Å². The predicted octanol–water partition coefficient (Wildman–Crippen LogP) is 3.12. The summed E-state index contributed by atoms with van der Waals surface area (Å²) in [6.07, 6.45) is 1.82. The number of nitrogens with zero attached hydrogens (tertiary/aromatic N) is 2. The van der Waals surface area contributed by atoms with Gasteiger partial charge in [-0.1, -0.05) is 12.1 Å². The third kappa shape index (κ3) is 2.70. The van der Waals surface area contributed by atoms with Crippen LogP contribution in [0.4, 0.5) is 0 Å². The van der Waals surface area contributed by atoms with Gasteiger partial charge < -0.3 is 10.3 Å². The van der Waals surface area contributed by atoms with Gasteiger partial charge in [0.15, 0.2) is 0 Å². The molecule has 0 radical (unpaired) electrons. The Morgan fingerprint density at radius 2 is 2.15 bits per heavy atom. The van der Waals surface area contributed by atoms with Crippen LogP contribution < -0.4 is 5.32 Å². The molecule has 0 bridgehead atoms. The van der Waals surface area contributed by atoms with Crippen LogP contribution in [0, 0.1) is 6.92 Å². The van der Waals surface area contributed by atoms with Crippen LogP contribution in [0.2, 0.25) is 0 Å². The zero-order valence-electron chi connectivity index (χ0n) is 11.7. The molecule has 20 heavy (non-hydrogen) atoms. The van der Waals surface area contributed by atoms with Gasteiger partial charge in [-0.3, -0.25) is 4.98 Å². The summed E-state index contributed by atoms with van der Waals surface area (Å²) < 4.78 is 0. The minimum absolute atomic E-state index is 0.269. The SMILES string of the molecule is Cc1nc2ccc(C(C)NCc3ccccn3)cc2[nH]1. The normalized spacial score (nSPS) is 12.7. The van der Waals surface area contributed by atoms with E-state index in [0.717, 1.165) is 29.1 Å². The number of imidazole rings is 1. The maximum atomic E-state index is 4.42. The Labute approximate surface area is 118 Å². The first-order valence-electron chi connectivity index (χ1n) is 6.82. The number of H-pyrrole nitrogens is 1. The summed E-state index contributed by atoms with van der Waals surface area (Å²) in [6, 6.07) is 12.6. The summed E-state index contributed by atoms with van der Waals surface area (Å²) in [5.74, 6) is 0.950. The molecule has 0 spiro atoms. The van der Waals surface area contributed by atoms with E-state index >= 15 is 0 Å². The van der Waals surface area contributed by atoms with Gasteiger partial charge >= 0.3 is 0 Å². The average Bonchev–Trinajstić information content (AvgIpc) is 2.85. The molecule has 0 fully saturated rings. The smallest absolute Gasteiger partial charge is 0.104 e. The molecule has 0 saturated heterocycles. The molecule has 1 atom stereocenters. The molecule has 0 aliphatic rings. The molecule has 0 aliphatic carbocycles. The van der Waals surface area contributed by atoms with Crippen LogP contribution in [0.3, 0.4) is 0 Å². The Hall–Kier alpha value is -2.20. The van der Waals surface area contributed by atoms with Crippen molar-refractivity contribution in [3.63, 3.8) is 0 Å². The first-order chi connectivity index (χ1) is 9.72. The van der Waals surface area contributed by atoms with Crippen LogP contribution in [0.1, 0.15) is 30.0 Å². The van der Waals surface area contributed by atoms with Crippen LogP contribution in [0.25, 0.3) is 11.0 Å². The quantitative estimate of drug-likeness (QED) is 0.763. The van der Waals surface area contributed by atoms with Gasteiger partial charge in [-0.25, -0.2) is 4.98 Å². The molecule has 1 unspecified atom stereocenters. The molecule has 3 aromatic rings. The number of nitrogens with one attached hydrogen (secondary N) is 2. The average molecular weight is 266 g/mol. The molecule has 4 heteroatoms. The Morgan fingerprint density at radius 3 is 2.95 bits per heavy atom. The first-order valence-corrected chi connectivity index (χ1v) is 6.82. The van der Waals surface area contributed by atoms with Crippen LogP contribution >= 0.6 is 0 Å². The molecule has 2 aromatic heterocycles. The predicted molar refractivity (Wildman–Crippen MR) is 80.3 cm³/mol. The van der Waals surface area contributed by atoms with Crippen molar-refractivity contribution in [2.75, 3.05) is 0 Å². The summed E-state index contributed by atoms with van der Waals surface area (Å²) in [6.45, 7) is 4.90. The van der Waals surface area contributed by atoms with Gasteiger partial charge in [0.2, 0.25) is 0 Å². The third-order valence-electron chi connectivity index (χ3n) is 3.44. The fraction of sp³-hybridized carbons (Fsp3) is 0.250. The van der Waals surface area contributed by atoms with Gasteiger partial charge in [-0.05, 0) is 43.7 Å². The fourth-order valence-corrected chi connectivity index (χ4v) is 2.30. The number of pyridine rings is 1. The van der Waals surface area contributed by atoms with Crippen LogP contribution in [-0.2, 0) is 6.54 Å². The lowest BCUT2D eigenvalue weighted by Gasteiger charge is -2.14. The van der Waals surface area contributed by atoms with Crippen molar-refractivity contribution >= 4 is 11.0 Å². The zero-order valence-corrected chi connectivity index (χ0v) is 11.7. The van der Waals surface area contributed by atoms with Crippen molar-refractivity contribution in [3.05, 3.63) is 59.7 Å². The van der Waals surface area contributed by atoms with Crippen LogP contribution in [0.15, 0.2) is 42.6 Å². The number of benzene rings is 1. The second-order valence-electron chi connectivity index (χ2n) is 5.02. The number of aryl methyl sites for hydroxylation is 1. The van der Waals surface area contributed by atoms with E-state index in [4.69, 9.17) is 0 Å². The van der Waals surface area contributed by atoms with E-state index < -0.39 is 0 Å². The lowest BCUT2D eigenvalue weighted by atomic mass is 10.1. The van der Waals surface area contributed by atoms with E-state index in [2.05, 4.69) is 45.4 Å². The molecule has 0 aliphatic heterocycles. The molecule has 102 valence electrons. The number of aromatic nitrogens is 3. The summed E-state index contributed by atoms with van der Waals surface area (Å²) in [7, 11) is 0. The topological polar surface area (TPSA) is 53.6 Å². The highest BCUT2D eigenvalue weighted by atomic mass is 14.9. The van der Waals surface area contributed by atoms with Crippen LogP contribution in [0.5, 0.6) is 0 Å². The number of fused-ring (bicyclic) bond motifs is 1. The Bertz CT molecular complexity index is 703. The second kappa shape index (κ2) is 5.43. The van der Waals surface area contributed by atoms with E-state index in [9.17, 15) is 0 Å². The van der Waals surface area contributed by atoms with Crippen LogP contribution in [-0.4, -0.2) is 15.0 Å². The molecular weight excluding hydrogens is 248 g/mol. The number of rotatable bonds is 4. The third-order valence-corrected chi connectivity index (χ3v) is 3.44. The zero-order chi connectivity index (χ0) is 13.9. The summed E-state index contributed by atoms with van der Waals surface area (Å²) in [5.41, 5.74) is 4.41. The molecule has 0 amide bonds. The molecular formula is C16H18N4. The highest BCUT2D eigenvalue weighted by Gasteiger charge is 2.07. The number of hydrogen-bond acceptors (Lipinski definition) is 3. The minimum Gasteiger partial charge on any atom is -0.342 e. The first kappa shape index (κ1) is 12.8. The lowest BCUT2D eigenvalue weighted by Crippen LogP contribution is -2.18. The number of hydrogen-bond donors (Lipinski definition) is 2. The van der Waals surface area contributed by atoms with Gasteiger partial charge in [-0.15, -0.1) is 0 Å². The van der Waals surface area contributed by atoms with Crippen molar-refractivity contribution < 1.29 is 0 Å². The second-order valence-corrected chi connectivity index (χ2v) is 5.02. The summed E-state index contributed by atoms with van der Waals surface area (Å²) in [5, 5.41) is 3.49. The highest BCUT2D eigenvalue weighted by molar-refractivity contribution is 5.75. The van der Waals surface area contributed by atoms with Gasteiger partial charge in [0.05, 0.1) is 16.7 Å². The van der Waals surface area contributed by atoms with Crippen molar-refractivity contribution in [3.8, 4) is 0 Å². The van der Waals surface area contributed by atoms with E-state index in [1.54, 1.807) is 0 Å². The minimum atomic E-state index is 0.269. The Morgan fingerprint density at radius 1 is 1.25 bits per heavy atom. The fourth-order valence-electron chi connectivity index (χ4n) is 2.30. The maximum absolute atomic E-state index is 4.42. The van der Waals surface area contributed by atoms with E-state index in [1.807, 2.05) is 31.3 Å². The summed E-state index contributed by atoms with van der Waals surface area (Å²) >= 11 is 0. The van der Waals surface area contributed by atoms with Gasteiger partial charge in [0, 0.05) is 18.8 Å². The molecule has 3 rings (SSSR count). The van der Waals surface area contributed by atoms with E-state index in [1.165, 1.54) is 5.56 Å². The van der Waals surface area contributed by atoms with Gasteiger partial charge in [-0.2, -0.15) is 0 Å².